The van der Waals surface area contributed by atoms with Gasteiger partial charge in [0.15, 0.2) is 0 Å². The Morgan fingerprint density at radius 1 is 1.52 bits per heavy atom. The Balaban J connectivity index is 1.57. The molecular formula is C16H19N3O3S. The van der Waals surface area contributed by atoms with Gasteiger partial charge in [-0.2, -0.15) is 11.3 Å². The number of hydrogen-bond donors (Lipinski definition) is 0. The van der Waals surface area contributed by atoms with Gasteiger partial charge in [-0.05, 0) is 35.2 Å². The number of carbonyl (C=O) groups is 1. The van der Waals surface area contributed by atoms with Gasteiger partial charge in [-0.25, -0.2) is 0 Å². The zero-order valence-corrected chi connectivity index (χ0v) is 13.8. The quantitative estimate of drug-likeness (QED) is 0.859. The lowest BCUT2D eigenvalue weighted by molar-refractivity contribution is -0.134. The van der Waals surface area contributed by atoms with Gasteiger partial charge in [0.2, 0.25) is 17.7 Å². The summed E-state index contributed by atoms with van der Waals surface area (Å²) in [5.74, 6) is 1.33. The first kappa shape index (κ1) is 14.8. The number of carbonyl (C=O) groups excluding carboxylic acids is 1. The summed E-state index contributed by atoms with van der Waals surface area (Å²) >= 11 is 1.62. The van der Waals surface area contributed by atoms with E-state index in [-0.39, 0.29) is 17.4 Å². The molecule has 0 bridgehead atoms. The molecule has 2 fully saturated rings. The average molecular weight is 333 g/mol. The van der Waals surface area contributed by atoms with Crippen LogP contribution < -0.4 is 0 Å². The number of ether oxygens (including phenoxy) is 1. The van der Waals surface area contributed by atoms with Gasteiger partial charge in [0.1, 0.15) is 0 Å². The monoisotopic (exact) mass is 333 g/mol. The van der Waals surface area contributed by atoms with Crippen molar-refractivity contribution in [2.24, 2.45) is 0 Å². The molecule has 122 valence electrons. The van der Waals surface area contributed by atoms with E-state index < -0.39 is 0 Å². The molecule has 0 radical (unpaired) electrons. The first-order valence-corrected chi connectivity index (χ1v) is 8.83. The van der Waals surface area contributed by atoms with E-state index in [2.05, 4.69) is 10.2 Å². The van der Waals surface area contributed by atoms with Crippen molar-refractivity contribution in [3.8, 4) is 0 Å². The maximum absolute atomic E-state index is 12.7. The highest BCUT2D eigenvalue weighted by molar-refractivity contribution is 7.07. The Hall–Kier alpha value is -1.73. The molecule has 6 nitrogen and oxygen atoms in total. The Labute approximate surface area is 138 Å². The lowest BCUT2D eigenvalue weighted by atomic mass is 9.76. The minimum Gasteiger partial charge on any atom is -0.425 e. The summed E-state index contributed by atoms with van der Waals surface area (Å²) < 4.78 is 11.6. The van der Waals surface area contributed by atoms with Gasteiger partial charge >= 0.3 is 0 Å². The van der Waals surface area contributed by atoms with Gasteiger partial charge in [-0.3, -0.25) is 4.79 Å². The maximum Gasteiger partial charge on any atom is 0.227 e. The SMILES string of the molecule is Cc1nnc([C@@]23CCO[C@@H]2CCN(C(=O)Cc2ccsc2)C3)o1. The van der Waals surface area contributed by atoms with Crippen molar-refractivity contribution >= 4 is 17.2 Å². The van der Waals surface area contributed by atoms with Crippen LogP contribution in [0.2, 0.25) is 0 Å². The number of thiophene rings is 1. The summed E-state index contributed by atoms with van der Waals surface area (Å²) in [6.45, 7) is 3.80. The number of rotatable bonds is 3. The fourth-order valence-electron chi connectivity index (χ4n) is 3.64. The highest BCUT2D eigenvalue weighted by Crippen LogP contribution is 2.43. The zero-order valence-electron chi connectivity index (χ0n) is 13.0. The van der Waals surface area contributed by atoms with Gasteiger partial charge in [-0.15, -0.1) is 10.2 Å². The Bertz CT molecular complexity index is 699. The van der Waals surface area contributed by atoms with Crippen LogP contribution in [-0.2, 0) is 21.4 Å². The van der Waals surface area contributed by atoms with Gasteiger partial charge in [0.05, 0.1) is 17.9 Å². The minimum atomic E-state index is -0.343. The van der Waals surface area contributed by atoms with Crippen LogP contribution in [-0.4, -0.2) is 46.8 Å². The van der Waals surface area contributed by atoms with Crippen molar-refractivity contribution < 1.29 is 13.9 Å². The third-order valence-corrected chi connectivity index (χ3v) is 5.59. The first-order chi connectivity index (χ1) is 11.2. The molecule has 2 aromatic heterocycles. The molecule has 2 saturated heterocycles. The molecule has 2 aliphatic rings. The van der Waals surface area contributed by atoms with Crippen molar-refractivity contribution in [1.82, 2.24) is 15.1 Å². The minimum absolute atomic E-state index is 0.0625. The van der Waals surface area contributed by atoms with E-state index in [0.717, 1.165) is 24.9 Å². The molecule has 7 heteroatoms. The highest BCUT2D eigenvalue weighted by Gasteiger charge is 2.53. The van der Waals surface area contributed by atoms with Gasteiger partial charge in [0, 0.05) is 26.6 Å². The number of hydrogen-bond acceptors (Lipinski definition) is 6. The molecule has 2 aromatic rings. The molecule has 0 N–H and O–H groups in total. The fraction of sp³-hybridized carbons (Fsp3) is 0.562. The van der Waals surface area contributed by atoms with E-state index in [1.54, 1.807) is 18.3 Å². The normalized spacial score (nSPS) is 27.2. The molecule has 0 saturated carbocycles. The van der Waals surface area contributed by atoms with Gasteiger partial charge in [-0.1, -0.05) is 0 Å². The molecule has 0 spiro atoms. The van der Waals surface area contributed by atoms with Crippen LogP contribution in [0, 0.1) is 6.92 Å². The summed E-state index contributed by atoms with van der Waals surface area (Å²) in [4.78, 5) is 14.6. The molecule has 4 rings (SSSR count). The Morgan fingerprint density at radius 3 is 3.17 bits per heavy atom. The molecule has 0 aliphatic carbocycles. The standard InChI is InChI=1S/C16H19N3O3S/c1-11-17-18-15(22-11)16-4-6-21-13(16)2-5-19(10-16)14(20)8-12-3-7-23-9-12/h3,7,9,13H,2,4-6,8,10H2,1H3/t13-,16-/m1/s1. The van der Waals surface area contributed by atoms with Crippen LogP contribution >= 0.6 is 11.3 Å². The second kappa shape index (κ2) is 5.72. The Morgan fingerprint density at radius 2 is 2.43 bits per heavy atom. The molecule has 2 atom stereocenters. The van der Waals surface area contributed by atoms with Crippen molar-refractivity contribution in [1.29, 1.82) is 0 Å². The third kappa shape index (κ3) is 2.57. The van der Waals surface area contributed by atoms with Gasteiger partial charge in [0.25, 0.3) is 0 Å². The summed E-state index contributed by atoms with van der Waals surface area (Å²) in [5, 5.41) is 12.2. The molecule has 23 heavy (non-hydrogen) atoms. The smallest absolute Gasteiger partial charge is 0.227 e. The van der Waals surface area contributed by atoms with E-state index in [9.17, 15) is 4.79 Å². The predicted octanol–water partition coefficient (Wildman–Crippen LogP) is 1.94. The van der Waals surface area contributed by atoms with Crippen LogP contribution in [0.5, 0.6) is 0 Å². The molecule has 2 aliphatic heterocycles. The maximum atomic E-state index is 12.7. The highest BCUT2D eigenvalue weighted by atomic mass is 32.1. The number of amides is 1. The van der Waals surface area contributed by atoms with E-state index in [4.69, 9.17) is 9.15 Å². The average Bonchev–Trinajstić information content (AvgIpc) is 3.26. The number of aryl methyl sites for hydroxylation is 1. The molecule has 4 heterocycles. The molecular weight excluding hydrogens is 314 g/mol. The number of nitrogens with zero attached hydrogens (tertiary/aromatic N) is 3. The largest absolute Gasteiger partial charge is 0.425 e. The number of piperidine rings is 1. The zero-order chi connectivity index (χ0) is 15.9. The first-order valence-electron chi connectivity index (χ1n) is 7.88. The van der Waals surface area contributed by atoms with E-state index >= 15 is 0 Å². The molecule has 0 unspecified atom stereocenters. The van der Waals surface area contributed by atoms with E-state index in [0.29, 0.717) is 31.4 Å². The number of aromatic nitrogens is 2. The summed E-state index contributed by atoms with van der Waals surface area (Å²) in [5.41, 5.74) is 0.733. The third-order valence-electron chi connectivity index (χ3n) is 4.86. The van der Waals surface area contributed by atoms with Crippen LogP contribution in [0.15, 0.2) is 21.2 Å². The van der Waals surface area contributed by atoms with E-state index in [1.165, 1.54) is 0 Å². The molecule has 1 amide bonds. The van der Waals surface area contributed by atoms with Crippen molar-refractivity contribution in [3.05, 3.63) is 34.2 Å². The van der Waals surface area contributed by atoms with Crippen molar-refractivity contribution in [2.75, 3.05) is 19.7 Å². The van der Waals surface area contributed by atoms with Crippen molar-refractivity contribution in [2.45, 2.75) is 37.7 Å². The predicted molar refractivity (Wildman–Crippen MR) is 84.3 cm³/mol. The van der Waals surface area contributed by atoms with Crippen LogP contribution in [0.3, 0.4) is 0 Å². The Kier molecular flexibility index (Phi) is 3.69. The second-order valence-electron chi connectivity index (χ2n) is 6.30. The summed E-state index contributed by atoms with van der Waals surface area (Å²) in [6.07, 6.45) is 2.15. The fourth-order valence-corrected chi connectivity index (χ4v) is 4.31. The van der Waals surface area contributed by atoms with Crippen molar-refractivity contribution in [3.63, 3.8) is 0 Å². The lowest BCUT2D eigenvalue weighted by Gasteiger charge is -2.41. The van der Waals surface area contributed by atoms with Gasteiger partial charge < -0.3 is 14.1 Å². The molecule has 0 aromatic carbocycles. The van der Waals surface area contributed by atoms with Crippen LogP contribution in [0.1, 0.15) is 30.2 Å². The van der Waals surface area contributed by atoms with E-state index in [1.807, 2.05) is 21.7 Å². The summed E-state index contributed by atoms with van der Waals surface area (Å²) in [7, 11) is 0. The number of fused-ring (bicyclic) bond motifs is 1. The van der Waals surface area contributed by atoms with Crippen LogP contribution in [0.25, 0.3) is 0 Å². The topological polar surface area (TPSA) is 68.5 Å². The number of likely N-dealkylation sites (tertiary alicyclic amines) is 1. The summed E-state index contributed by atoms with van der Waals surface area (Å²) in [6, 6.07) is 2.01. The lowest BCUT2D eigenvalue weighted by Crippen LogP contribution is -2.54. The second-order valence-corrected chi connectivity index (χ2v) is 7.08. The van der Waals surface area contributed by atoms with Crippen LogP contribution in [0.4, 0.5) is 0 Å².